The summed E-state index contributed by atoms with van der Waals surface area (Å²) in [6.45, 7) is 4.13. The van der Waals surface area contributed by atoms with Crippen LogP contribution in [0.1, 0.15) is 46.1 Å². The van der Waals surface area contributed by atoms with Crippen LogP contribution in [-0.4, -0.2) is 25.4 Å². The van der Waals surface area contributed by atoms with Crippen LogP contribution in [-0.2, 0) is 19.6 Å². The minimum absolute atomic E-state index is 0.134. The van der Waals surface area contributed by atoms with Crippen molar-refractivity contribution in [2.24, 2.45) is 0 Å². The van der Waals surface area contributed by atoms with E-state index in [1.807, 2.05) is 54.9 Å². The molecular formula is C30H27Cl4N5O. The number of hydrogen-bond donors (Lipinski definition) is 1. The summed E-state index contributed by atoms with van der Waals surface area (Å²) in [6.07, 6.45) is 7.83. The zero-order valence-electron chi connectivity index (χ0n) is 21.6. The molecule has 2 heterocycles. The maximum atomic E-state index is 10.7. The van der Waals surface area contributed by atoms with Crippen LogP contribution in [0.5, 0.6) is 0 Å². The molecule has 6 nitrogen and oxygen atoms in total. The first-order chi connectivity index (χ1) is 19.3. The monoisotopic (exact) mass is 613 g/mol. The van der Waals surface area contributed by atoms with Gasteiger partial charge in [0.1, 0.15) is 5.82 Å². The fourth-order valence-corrected chi connectivity index (χ4v) is 5.31. The van der Waals surface area contributed by atoms with E-state index in [1.54, 1.807) is 29.1 Å². The maximum absolute atomic E-state index is 10.7. The molecule has 0 radical (unpaired) electrons. The summed E-state index contributed by atoms with van der Waals surface area (Å²) < 4.78 is 3.85. The van der Waals surface area contributed by atoms with Crippen LogP contribution in [0.15, 0.2) is 91.5 Å². The molecule has 0 spiro atoms. The summed E-state index contributed by atoms with van der Waals surface area (Å²) in [5.41, 5.74) is 3.24. The number of hydrogen-bond acceptors (Lipinski definition) is 4. The van der Waals surface area contributed by atoms with E-state index in [9.17, 15) is 4.79 Å². The highest BCUT2D eigenvalue weighted by Crippen LogP contribution is 2.22. The SMILES string of the molecule is CC(NCc1ccccc1)c1nccn1Cc1cc(Cl)cc(Cl)c1.O=Cc1nccn1Cc1cc(Cl)cc(Cl)c1. The van der Waals surface area contributed by atoms with Gasteiger partial charge in [-0.25, -0.2) is 9.97 Å². The summed E-state index contributed by atoms with van der Waals surface area (Å²) in [7, 11) is 0. The predicted molar refractivity (Wildman–Crippen MR) is 163 cm³/mol. The first-order valence-electron chi connectivity index (χ1n) is 12.5. The molecular weight excluding hydrogens is 588 g/mol. The Morgan fingerprint density at radius 1 is 0.750 bits per heavy atom. The van der Waals surface area contributed by atoms with Gasteiger partial charge in [-0.1, -0.05) is 76.7 Å². The number of imidazole rings is 2. The molecule has 0 aliphatic heterocycles. The van der Waals surface area contributed by atoms with Crippen molar-refractivity contribution in [3.63, 3.8) is 0 Å². The smallest absolute Gasteiger partial charge is 0.185 e. The van der Waals surface area contributed by atoms with Crippen molar-refractivity contribution in [3.8, 4) is 0 Å². The van der Waals surface area contributed by atoms with Crippen LogP contribution in [0.3, 0.4) is 0 Å². The topological polar surface area (TPSA) is 64.7 Å². The Bertz CT molecular complexity index is 1510. The quantitative estimate of drug-likeness (QED) is 0.170. The molecule has 3 aromatic carbocycles. The Balaban J connectivity index is 0.000000201. The van der Waals surface area contributed by atoms with Gasteiger partial charge in [0.05, 0.1) is 6.04 Å². The van der Waals surface area contributed by atoms with Gasteiger partial charge in [-0.3, -0.25) is 4.79 Å². The first kappa shape index (κ1) is 29.8. The number of aromatic nitrogens is 4. The van der Waals surface area contributed by atoms with Crippen molar-refractivity contribution in [2.45, 2.75) is 32.6 Å². The lowest BCUT2D eigenvalue weighted by Crippen LogP contribution is -2.22. The normalized spacial score (nSPS) is 11.5. The van der Waals surface area contributed by atoms with Gasteiger partial charge in [0, 0.05) is 64.5 Å². The highest BCUT2D eigenvalue weighted by Gasteiger charge is 2.12. The Morgan fingerprint density at radius 3 is 1.85 bits per heavy atom. The number of benzene rings is 3. The lowest BCUT2D eigenvalue weighted by Gasteiger charge is -2.16. The number of nitrogens with one attached hydrogen (secondary N) is 1. The molecule has 2 aromatic heterocycles. The largest absolute Gasteiger partial charge is 0.329 e. The highest BCUT2D eigenvalue weighted by molar-refractivity contribution is 6.35. The summed E-state index contributed by atoms with van der Waals surface area (Å²) in [5, 5.41) is 5.97. The van der Waals surface area contributed by atoms with Crippen molar-refractivity contribution >= 4 is 52.7 Å². The predicted octanol–water partition coefficient (Wildman–Crippen LogP) is 8.14. The van der Waals surface area contributed by atoms with E-state index >= 15 is 0 Å². The molecule has 1 atom stereocenters. The molecule has 5 aromatic rings. The van der Waals surface area contributed by atoms with Crippen molar-refractivity contribution < 1.29 is 4.79 Å². The maximum Gasteiger partial charge on any atom is 0.185 e. The minimum Gasteiger partial charge on any atom is -0.329 e. The van der Waals surface area contributed by atoms with Crippen LogP contribution >= 0.6 is 46.4 Å². The van der Waals surface area contributed by atoms with E-state index in [-0.39, 0.29) is 6.04 Å². The van der Waals surface area contributed by atoms with Gasteiger partial charge in [0.2, 0.25) is 0 Å². The molecule has 0 aliphatic carbocycles. The van der Waals surface area contributed by atoms with Gasteiger partial charge >= 0.3 is 0 Å². The third-order valence-corrected chi connectivity index (χ3v) is 6.87. The second-order valence-electron chi connectivity index (χ2n) is 9.09. The molecule has 0 bridgehead atoms. The number of rotatable bonds is 9. The lowest BCUT2D eigenvalue weighted by atomic mass is 10.2. The standard InChI is InChI=1S/C19H19Cl2N3.C11H8Cl2N2O/c1-14(23-12-15-5-3-2-4-6-15)19-22-7-8-24(19)13-16-9-17(20)11-18(21)10-16;12-9-3-8(4-10(13)5-9)6-15-2-1-14-11(15)7-16/h2-11,14,23H,12-13H2,1H3;1-5,7H,6H2. The molecule has 40 heavy (non-hydrogen) atoms. The molecule has 5 rings (SSSR count). The fraction of sp³-hybridized carbons (Fsp3) is 0.167. The number of carbonyl (C=O) groups is 1. The Morgan fingerprint density at radius 2 is 1.27 bits per heavy atom. The van der Waals surface area contributed by atoms with Gasteiger partial charge < -0.3 is 14.5 Å². The lowest BCUT2D eigenvalue weighted by molar-refractivity contribution is 0.111. The third kappa shape index (κ3) is 8.68. The summed E-state index contributed by atoms with van der Waals surface area (Å²) in [5.74, 6) is 1.37. The molecule has 1 N–H and O–H groups in total. The van der Waals surface area contributed by atoms with E-state index in [1.165, 1.54) is 5.56 Å². The number of nitrogens with zero attached hydrogens (tertiary/aromatic N) is 4. The average molecular weight is 615 g/mol. The Labute approximate surface area is 253 Å². The summed E-state index contributed by atoms with van der Waals surface area (Å²) in [4.78, 5) is 19.1. The van der Waals surface area contributed by atoms with E-state index in [0.29, 0.717) is 45.3 Å². The first-order valence-corrected chi connectivity index (χ1v) is 14.0. The van der Waals surface area contributed by atoms with Crippen molar-refractivity contribution in [2.75, 3.05) is 0 Å². The van der Waals surface area contributed by atoms with Gasteiger partial charge in [0.15, 0.2) is 12.1 Å². The Kier molecular flexibility index (Phi) is 10.8. The zero-order valence-corrected chi connectivity index (χ0v) is 24.7. The van der Waals surface area contributed by atoms with E-state index in [0.717, 1.165) is 23.5 Å². The zero-order chi connectivity index (χ0) is 28.5. The van der Waals surface area contributed by atoms with Crippen molar-refractivity contribution in [3.05, 3.63) is 140 Å². The highest BCUT2D eigenvalue weighted by atomic mass is 35.5. The summed E-state index contributed by atoms with van der Waals surface area (Å²) in [6, 6.07) is 21.4. The van der Waals surface area contributed by atoms with Gasteiger partial charge in [-0.05, 0) is 60.0 Å². The Hall–Kier alpha value is -3.13. The minimum atomic E-state index is 0.134. The molecule has 0 fully saturated rings. The van der Waals surface area contributed by atoms with Gasteiger partial charge in [-0.2, -0.15) is 0 Å². The van der Waals surface area contributed by atoms with E-state index in [2.05, 4.69) is 38.9 Å². The fourth-order valence-electron chi connectivity index (χ4n) is 4.16. The summed E-state index contributed by atoms with van der Waals surface area (Å²) >= 11 is 23.9. The van der Waals surface area contributed by atoms with E-state index in [4.69, 9.17) is 46.4 Å². The second-order valence-corrected chi connectivity index (χ2v) is 10.8. The van der Waals surface area contributed by atoms with Crippen molar-refractivity contribution in [1.82, 2.24) is 24.4 Å². The molecule has 206 valence electrons. The van der Waals surface area contributed by atoms with Gasteiger partial charge in [0.25, 0.3) is 0 Å². The number of carbonyl (C=O) groups excluding carboxylic acids is 1. The van der Waals surface area contributed by atoms with Crippen LogP contribution < -0.4 is 5.32 Å². The van der Waals surface area contributed by atoms with Crippen LogP contribution in [0.4, 0.5) is 0 Å². The molecule has 1 unspecified atom stereocenters. The molecule has 0 saturated carbocycles. The van der Waals surface area contributed by atoms with Crippen molar-refractivity contribution in [1.29, 1.82) is 0 Å². The average Bonchev–Trinajstić information content (AvgIpc) is 3.56. The molecule has 0 saturated heterocycles. The molecule has 0 amide bonds. The molecule has 10 heteroatoms. The van der Waals surface area contributed by atoms with Gasteiger partial charge in [-0.15, -0.1) is 0 Å². The van der Waals surface area contributed by atoms with Crippen LogP contribution in [0, 0.1) is 0 Å². The second kappa shape index (κ2) is 14.5. The third-order valence-electron chi connectivity index (χ3n) is 5.99. The number of halogens is 4. The van der Waals surface area contributed by atoms with Crippen LogP contribution in [0.25, 0.3) is 0 Å². The van der Waals surface area contributed by atoms with Crippen LogP contribution in [0.2, 0.25) is 20.1 Å². The van der Waals surface area contributed by atoms with E-state index < -0.39 is 0 Å². The molecule has 0 aliphatic rings. The number of aldehydes is 1.